The van der Waals surface area contributed by atoms with Crippen LogP contribution >= 0.6 is 0 Å². The van der Waals surface area contributed by atoms with Gasteiger partial charge in [0, 0.05) is 26.3 Å². The number of nitrogens with zero attached hydrogens (tertiary/aromatic N) is 1. The summed E-state index contributed by atoms with van der Waals surface area (Å²) in [6, 6.07) is 8.05. The van der Waals surface area contributed by atoms with Crippen LogP contribution < -0.4 is 5.32 Å². The Morgan fingerprint density at radius 3 is 2.48 bits per heavy atom. The van der Waals surface area contributed by atoms with Crippen molar-refractivity contribution in [3.63, 3.8) is 0 Å². The summed E-state index contributed by atoms with van der Waals surface area (Å²) in [6.45, 7) is 5.30. The quantitative estimate of drug-likeness (QED) is 0.292. The first kappa shape index (κ1) is 24.6. The van der Waals surface area contributed by atoms with E-state index in [1.165, 1.54) is 11.8 Å². The van der Waals surface area contributed by atoms with Crippen LogP contribution in [0.3, 0.4) is 0 Å². The second-order valence-electron chi connectivity index (χ2n) is 7.78. The molecule has 1 aliphatic heterocycles. The van der Waals surface area contributed by atoms with Crippen molar-refractivity contribution in [3.8, 4) is 0 Å². The lowest BCUT2D eigenvalue weighted by molar-refractivity contribution is -0.150. The average molecular weight is 433 g/mol. The second kappa shape index (κ2) is 12.2. The Hall–Kier alpha value is -2.71. The molecule has 1 fully saturated rings. The fourth-order valence-electron chi connectivity index (χ4n) is 3.72. The third kappa shape index (κ3) is 7.48. The van der Waals surface area contributed by atoms with E-state index < -0.39 is 24.3 Å². The zero-order chi connectivity index (χ0) is 22.8. The minimum absolute atomic E-state index is 0.105. The molecular formula is C23H32N2O6. The van der Waals surface area contributed by atoms with Gasteiger partial charge in [0.15, 0.2) is 0 Å². The Balaban J connectivity index is 1.81. The lowest BCUT2D eigenvalue weighted by Gasteiger charge is -2.45. The summed E-state index contributed by atoms with van der Waals surface area (Å²) in [4.78, 5) is 37.6. The van der Waals surface area contributed by atoms with Crippen LogP contribution in [-0.2, 0) is 25.7 Å². The van der Waals surface area contributed by atoms with Gasteiger partial charge in [-0.25, -0.2) is 0 Å². The van der Waals surface area contributed by atoms with Gasteiger partial charge in [-0.15, -0.1) is 6.58 Å². The van der Waals surface area contributed by atoms with Crippen LogP contribution in [0.25, 0.3) is 0 Å². The topological polar surface area (TPSA) is 116 Å². The first-order valence-electron chi connectivity index (χ1n) is 10.6. The molecule has 1 aliphatic rings. The molecule has 0 aromatic heterocycles. The van der Waals surface area contributed by atoms with Gasteiger partial charge in [-0.2, -0.15) is 0 Å². The van der Waals surface area contributed by atoms with Crippen LogP contribution in [0.15, 0.2) is 43.0 Å². The summed E-state index contributed by atoms with van der Waals surface area (Å²) in [7, 11) is 0. The third-order valence-corrected chi connectivity index (χ3v) is 5.33. The van der Waals surface area contributed by atoms with E-state index in [1.54, 1.807) is 6.08 Å². The lowest BCUT2D eigenvalue weighted by Crippen LogP contribution is -2.66. The number of ether oxygens (including phenoxy) is 1. The van der Waals surface area contributed by atoms with E-state index in [4.69, 9.17) is 4.74 Å². The molecule has 1 saturated heterocycles. The molecule has 170 valence electrons. The number of hydrogen-bond acceptors (Lipinski definition) is 6. The number of carbonyl (C=O) groups excluding carboxylic acids is 3. The van der Waals surface area contributed by atoms with Gasteiger partial charge >= 0.3 is 5.97 Å². The van der Waals surface area contributed by atoms with Crippen LogP contribution in [0.1, 0.15) is 44.6 Å². The Labute approximate surface area is 182 Å². The number of benzene rings is 1. The molecular weight excluding hydrogens is 400 g/mol. The predicted molar refractivity (Wildman–Crippen MR) is 115 cm³/mol. The fourth-order valence-corrected chi connectivity index (χ4v) is 3.72. The van der Waals surface area contributed by atoms with E-state index in [0.717, 1.165) is 5.56 Å². The summed E-state index contributed by atoms with van der Waals surface area (Å²) in [5, 5.41) is 23.4. The largest absolute Gasteiger partial charge is 0.461 e. The molecule has 1 aromatic carbocycles. The van der Waals surface area contributed by atoms with Crippen molar-refractivity contribution in [1.29, 1.82) is 0 Å². The first-order valence-corrected chi connectivity index (χ1v) is 10.6. The van der Waals surface area contributed by atoms with Crippen LogP contribution in [0.5, 0.6) is 0 Å². The highest BCUT2D eigenvalue weighted by molar-refractivity contribution is 5.77. The zero-order valence-corrected chi connectivity index (χ0v) is 17.9. The highest BCUT2D eigenvalue weighted by atomic mass is 16.5. The van der Waals surface area contributed by atoms with E-state index in [2.05, 4.69) is 11.9 Å². The molecule has 3 N–H and O–H groups in total. The maximum Gasteiger partial charge on any atom is 0.306 e. The molecule has 0 radical (unpaired) electrons. The van der Waals surface area contributed by atoms with E-state index in [9.17, 15) is 24.6 Å². The molecule has 2 rings (SSSR count). The molecule has 0 saturated carbocycles. The van der Waals surface area contributed by atoms with E-state index >= 15 is 0 Å². The number of amides is 2. The van der Waals surface area contributed by atoms with Gasteiger partial charge < -0.3 is 25.2 Å². The van der Waals surface area contributed by atoms with Crippen molar-refractivity contribution in [3.05, 3.63) is 48.6 Å². The van der Waals surface area contributed by atoms with Gasteiger partial charge in [-0.1, -0.05) is 36.4 Å². The fraction of sp³-hybridized carbons (Fsp3) is 0.522. The first-order chi connectivity index (χ1) is 14.8. The van der Waals surface area contributed by atoms with Crippen LogP contribution in [0.2, 0.25) is 0 Å². The Morgan fingerprint density at radius 1 is 1.16 bits per heavy atom. The van der Waals surface area contributed by atoms with E-state index in [0.29, 0.717) is 19.3 Å². The number of aliphatic hydroxyl groups excluding tert-OH is 2. The van der Waals surface area contributed by atoms with Crippen molar-refractivity contribution in [2.45, 2.75) is 69.9 Å². The highest BCUT2D eigenvalue weighted by Gasteiger charge is 2.43. The van der Waals surface area contributed by atoms with Gasteiger partial charge in [-0.05, 0) is 24.8 Å². The zero-order valence-electron chi connectivity index (χ0n) is 17.9. The number of aliphatic hydroxyl groups is 2. The predicted octanol–water partition coefficient (Wildman–Crippen LogP) is 1.30. The molecule has 0 bridgehead atoms. The number of piperidine rings is 1. The molecule has 0 aliphatic carbocycles. The average Bonchev–Trinajstić information content (AvgIpc) is 2.75. The highest BCUT2D eigenvalue weighted by Crippen LogP contribution is 2.23. The van der Waals surface area contributed by atoms with Gasteiger partial charge in [-0.3, -0.25) is 14.4 Å². The lowest BCUT2D eigenvalue weighted by atomic mass is 9.89. The van der Waals surface area contributed by atoms with Gasteiger partial charge in [0.2, 0.25) is 11.8 Å². The standard InChI is InChI=1S/C23H32N2O6/c1-3-9-19-23(30)22(29)18(24-16(2)26)14-25(19)20(27)12-7-8-13-21(28)31-15-17-10-5-4-6-11-17/h3-6,10-11,18-19,22-23,29-30H,1,7-9,12-15H2,2H3,(H,24,26)/t18-,19-,22+,23-/m0/s1. The molecule has 2 amide bonds. The van der Waals surface area contributed by atoms with E-state index in [1.807, 2.05) is 30.3 Å². The number of unbranched alkanes of at least 4 members (excludes halogenated alkanes) is 1. The molecule has 31 heavy (non-hydrogen) atoms. The Kier molecular flexibility index (Phi) is 9.68. The summed E-state index contributed by atoms with van der Waals surface area (Å²) in [5.74, 6) is -0.867. The van der Waals surface area contributed by atoms with Gasteiger partial charge in [0.25, 0.3) is 0 Å². The van der Waals surface area contributed by atoms with Gasteiger partial charge in [0.1, 0.15) is 18.8 Å². The summed E-state index contributed by atoms with van der Waals surface area (Å²) in [6.07, 6.45) is 0.934. The number of nitrogens with one attached hydrogen (secondary N) is 1. The van der Waals surface area contributed by atoms with Crippen LogP contribution in [-0.4, -0.2) is 63.7 Å². The maximum atomic E-state index is 12.8. The molecule has 4 atom stereocenters. The Morgan fingerprint density at radius 2 is 1.84 bits per heavy atom. The minimum atomic E-state index is -1.19. The maximum absolute atomic E-state index is 12.8. The molecule has 8 heteroatoms. The molecule has 8 nitrogen and oxygen atoms in total. The molecule has 1 aromatic rings. The summed E-state index contributed by atoms with van der Waals surface area (Å²) >= 11 is 0. The normalized spacial score (nSPS) is 23.1. The monoisotopic (exact) mass is 432 g/mol. The van der Waals surface area contributed by atoms with Crippen molar-refractivity contribution in [2.75, 3.05) is 6.54 Å². The van der Waals surface area contributed by atoms with Crippen LogP contribution in [0.4, 0.5) is 0 Å². The van der Waals surface area contributed by atoms with Crippen LogP contribution in [0, 0.1) is 0 Å². The smallest absolute Gasteiger partial charge is 0.306 e. The number of likely N-dealkylation sites (tertiary alicyclic amines) is 1. The van der Waals surface area contributed by atoms with Crippen molar-refractivity contribution < 1.29 is 29.3 Å². The number of rotatable bonds is 10. The van der Waals surface area contributed by atoms with Gasteiger partial charge in [0.05, 0.1) is 12.1 Å². The minimum Gasteiger partial charge on any atom is -0.461 e. The number of carbonyl (C=O) groups is 3. The number of hydrogen-bond donors (Lipinski definition) is 3. The van der Waals surface area contributed by atoms with Crippen molar-refractivity contribution in [2.24, 2.45) is 0 Å². The second-order valence-corrected chi connectivity index (χ2v) is 7.78. The molecule has 0 spiro atoms. The Bertz CT molecular complexity index is 754. The summed E-state index contributed by atoms with van der Waals surface area (Å²) < 4.78 is 5.23. The molecule has 0 unspecified atom stereocenters. The number of esters is 1. The van der Waals surface area contributed by atoms with Crippen molar-refractivity contribution in [1.82, 2.24) is 10.2 Å². The molecule has 1 heterocycles. The van der Waals surface area contributed by atoms with E-state index in [-0.39, 0.29) is 43.8 Å². The summed E-state index contributed by atoms with van der Waals surface area (Å²) in [5.41, 5.74) is 0.916. The third-order valence-electron chi connectivity index (χ3n) is 5.33. The van der Waals surface area contributed by atoms with Crippen molar-refractivity contribution >= 4 is 17.8 Å². The SMILES string of the molecule is C=CC[C@H]1[C@H](O)[C@H](O)[C@@H](NC(C)=O)CN1C(=O)CCCCC(=O)OCc1ccccc1.